The molecule has 4 rings (SSSR count). The second-order valence-corrected chi connectivity index (χ2v) is 8.67. The van der Waals surface area contributed by atoms with Crippen LogP contribution in [0.3, 0.4) is 0 Å². The zero-order valence-corrected chi connectivity index (χ0v) is 18.1. The smallest absolute Gasteiger partial charge is 0.253 e. The van der Waals surface area contributed by atoms with Gasteiger partial charge in [0.1, 0.15) is 0 Å². The second-order valence-electron chi connectivity index (χ2n) is 8.67. The fourth-order valence-electron chi connectivity index (χ4n) is 4.51. The van der Waals surface area contributed by atoms with Crippen molar-refractivity contribution >= 4 is 17.5 Å². The van der Waals surface area contributed by atoms with Crippen molar-refractivity contribution in [3.05, 3.63) is 59.9 Å². The number of nitrogens with zero attached hydrogens (tertiary/aromatic N) is 3. The Morgan fingerprint density at radius 3 is 2.32 bits per heavy atom. The molecule has 2 fully saturated rings. The molecule has 2 aromatic rings. The molecule has 1 N–H and O–H groups in total. The van der Waals surface area contributed by atoms with Crippen molar-refractivity contribution in [3.63, 3.8) is 0 Å². The number of pyridine rings is 1. The van der Waals surface area contributed by atoms with Gasteiger partial charge in [0.15, 0.2) is 0 Å². The van der Waals surface area contributed by atoms with Crippen LogP contribution in [0.25, 0.3) is 0 Å². The van der Waals surface area contributed by atoms with E-state index in [4.69, 9.17) is 0 Å². The van der Waals surface area contributed by atoms with Crippen molar-refractivity contribution < 1.29 is 9.59 Å². The number of nitrogens with one attached hydrogen (secondary N) is 1. The predicted octanol–water partition coefficient (Wildman–Crippen LogP) is 3.60. The number of aromatic nitrogens is 1. The van der Waals surface area contributed by atoms with E-state index in [1.807, 2.05) is 46.2 Å². The average molecular weight is 421 g/mol. The third-order valence-corrected chi connectivity index (χ3v) is 6.45. The Balaban J connectivity index is 1.24. The molecule has 31 heavy (non-hydrogen) atoms. The van der Waals surface area contributed by atoms with Gasteiger partial charge in [-0.1, -0.05) is 25.3 Å². The van der Waals surface area contributed by atoms with Crippen molar-refractivity contribution in [2.45, 2.75) is 38.5 Å². The molecule has 0 spiro atoms. The normalized spacial score (nSPS) is 17.4. The molecule has 0 atom stereocenters. The number of rotatable bonds is 6. The largest absolute Gasteiger partial charge is 0.385 e. The number of anilines is 1. The summed E-state index contributed by atoms with van der Waals surface area (Å²) in [6.07, 6.45) is 10.5. The lowest BCUT2D eigenvalue weighted by Crippen LogP contribution is -2.51. The molecule has 6 nitrogen and oxygen atoms in total. The van der Waals surface area contributed by atoms with Gasteiger partial charge in [0.25, 0.3) is 5.91 Å². The van der Waals surface area contributed by atoms with Gasteiger partial charge in [-0.2, -0.15) is 0 Å². The molecule has 2 aliphatic rings. The summed E-state index contributed by atoms with van der Waals surface area (Å²) in [4.78, 5) is 33.1. The molecular weight excluding hydrogens is 388 g/mol. The zero-order chi connectivity index (χ0) is 21.5. The summed E-state index contributed by atoms with van der Waals surface area (Å²) >= 11 is 0. The van der Waals surface area contributed by atoms with Crippen LogP contribution < -0.4 is 5.32 Å². The molecule has 0 unspecified atom stereocenters. The van der Waals surface area contributed by atoms with Gasteiger partial charge in [-0.05, 0) is 54.7 Å². The molecule has 1 saturated carbocycles. The van der Waals surface area contributed by atoms with Crippen LogP contribution in [0.2, 0.25) is 0 Å². The summed E-state index contributed by atoms with van der Waals surface area (Å²) in [7, 11) is 0. The van der Waals surface area contributed by atoms with Gasteiger partial charge in [0.2, 0.25) is 5.91 Å². The fourth-order valence-corrected chi connectivity index (χ4v) is 4.51. The topological polar surface area (TPSA) is 65.5 Å². The quantitative estimate of drug-likeness (QED) is 0.776. The highest BCUT2D eigenvalue weighted by atomic mass is 16.2. The predicted molar refractivity (Wildman–Crippen MR) is 122 cm³/mol. The van der Waals surface area contributed by atoms with Crippen LogP contribution in [0.15, 0.2) is 48.8 Å². The standard InChI is InChI=1S/C25H32N4O2/c30-24(17-21-7-4-12-26-18-21)28-13-15-29(16-14-28)25(31)22-8-10-23(11-9-22)27-19-20-5-2-1-3-6-20/h4,7-12,18,20,27H,1-3,5-6,13-17,19H2. The first kappa shape index (κ1) is 21.3. The molecule has 2 amide bonds. The summed E-state index contributed by atoms with van der Waals surface area (Å²) in [5, 5.41) is 3.52. The number of piperazine rings is 1. The summed E-state index contributed by atoms with van der Waals surface area (Å²) < 4.78 is 0. The molecule has 1 aliphatic carbocycles. The highest BCUT2D eigenvalue weighted by Gasteiger charge is 2.25. The molecular formula is C25H32N4O2. The van der Waals surface area contributed by atoms with E-state index >= 15 is 0 Å². The van der Waals surface area contributed by atoms with Crippen LogP contribution in [0.5, 0.6) is 0 Å². The van der Waals surface area contributed by atoms with E-state index in [-0.39, 0.29) is 11.8 Å². The van der Waals surface area contributed by atoms with Gasteiger partial charge in [-0.15, -0.1) is 0 Å². The first-order chi connectivity index (χ1) is 15.2. The Labute approximate surface area is 184 Å². The van der Waals surface area contributed by atoms with E-state index in [0.717, 1.165) is 23.7 Å². The molecule has 0 bridgehead atoms. The van der Waals surface area contributed by atoms with Crippen molar-refractivity contribution in [1.82, 2.24) is 14.8 Å². The molecule has 6 heteroatoms. The monoisotopic (exact) mass is 420 g/mol. The number of hydrogen-bond acceptors (Lipinski definition) is 4. The maximum absolute atomic E-state index is 12.9. The van der Waals surface area contributed by atoms with Crippen LogP contribution in [0.1, 0.15) is 48.0 Å². The van der Waals surface area contributed by atoms with Crippen LogP contribution in [-0.4, -0.2) is 59.3 Å². The summed E-state index contributed by atoms with van der Waals surface area (Å²) in [5.41, 5.74) is 2.70. The van der Waals surface area contributed by atoms with E-state index in [9.17, 15) is 9.59 Å². The maximum Gasteiger partial charge on any atom is 0.253 e. The molecule has 2 heterocycles. The minimum atomic E-state index is 0.0400. The summed E-state index contributed by atoms with van der Waals surface area (Å²) in [6, 6.07) is 11.6. The Bertz CT molecular complexity index is 855. The van der Waals surface area contributed by atoms with Gasteiger partial charge < -0.3 is 15.1 Å². The fraction of sp³-hybridized carbons (Fsp3) is 0.480. The van der Waals surface area contributed by atoms with Gasteiger partial charge in [0.05, 0.1) is 6.42 Å². The third-order valence-electron chi connectivity index (χ3n) is 6.45. The second kappa shape index (κ2) is 10.4. The molecule has 1 aromatic heterocycles. The molecule has 1 aliphatic heterocycles. The first-order valence-electron chi connectivity index (χ1n) is 11.5. The first-order valence-corrected chi connectivity index (χ1v) is 11.5. The van der Waals surface area contributed by atoms with Crippen LogP contribution >= 0.6 is 0 Å². The molecule has 1 saturated heterocycles. The van der Waals surface area contributed by atoms with E-state index in [2.05, 4.69) is 10.3 Å². The third kappa shape index (κ3) is 5.84. The summed E-state index contributed by atoms with van der Waals surface area (Å²) in [6.45, 7) is 3.30. The van der Waals surface area contributed by atoms with Crippen molar-refractivity contribution in [1.29, 1.82) is 0 Å². The maximum atomic E-state index is 12.9. The Morgan fingerprint density at radius 1 is 0.935 bits per heavy atom. The average Bonchev–Trinajstić information content (AvgIpc) is 2.84. The van der Waals surface area contributed by atoms with Crippen LogP contribution in [0, 0.1) is 5.92 Å². The van der Waals surface area contributed by atoms with E-state index in [1.54, 1.807) is 12.4 Å². The Morgan fingerprint density at radius 2 is 1.65 bits per heavy atom. The Kier molecular flexibility index (Phi) is 7.18. The number of carbonyl (C=O) groups is 2. The minimum absolute atomic E-state index is 0.0400. The van der Waals surface area contributed by atoms with Crippen molar-refractivity contribution in [2.24, 2.45) is 5.92 Å². The lowest BCUT2D eigenvalue weighted by Gasteiger charge is -2.35. The molecule has 0 radical (unpaired) electrons. The Hall–Kier alpha value is -2.89. The van der Waals surface area contributed by atoms with Crippen molar-refractivity contribution in [2.75, 3.05) is 38.0 Å². The van der Waals surface area contributed by atoms with Gasteiger partial charge in [0, 0.05) is 56.4 Å². The SMILES string of the molecule is O=C(Cc1cccnc1)N1CCN(C(=O)c2ccc(NCC3CCCCC3)cc2)CC1. The van der Waals surface area contributed by atoms with E-state index in [0.29, 0.717) is 38.2 Å². The van der Waals surface area contributed by atoms with Gasteiger partial charge in [-0.3, -0.25) is 14.6 Å². The number of amides is 2. The number of hydrogen-bond donors (Lipinski definition) is 1. The van der Waals surface area contributed by atoms with Gasteiger partial charge >= 0.3 is 0 Å². The summed E-state index contributed by atoms with van der Waals surface area (Å²) in [5.74, 6) is 0.902. The van der Waals surface area contributed by atoms with Crippen LogP contribution in [-0.2, 0) is 11.2 Å². The van der Waals surface area contributed by atoms with E-state index < -0.39 is 0 Å². The highest BCUT2D eigenvalue weighted by molar-refractivity contribution is 5.94. The van der Waals surface area contributed by atoms with Crippen molar-refractivity contribution in [3.8, 4) is 0 Å². The number of carbonyl (C=O) groups excluding carboxylic acids is 2. The zero-order valence-electron chi connectivity index (χ0n) is 18.1. The number of benzene rings is 1. The van der Waals surface area contributed by atoms with Gasteiger partial charge in [-0.25, -0.2) is 0 Å². The molecule has 164 valence electrons. The lowest BCUT2D eigenvalue weighted by atomic mass is 9.89. The van der Waals surface area contributed by atoms with Crippen LogP contribution in [0.4, 0.5) is 5.69 Å². The highest BCUT2D eigenvalue weighted by Crippen LogP contribution is 2.24. The minimum Gasteiger partial charge on any atom is -0.385 e. The lowest BCUT2D eigenvalue weighted by molar-refractivity contribution is -0.131. The van der Waals surface area contributed by atoms with E-state index in [1.165, 1.54) is 32.1 Å². The molecule has 1 aromatic carbocycles.